The second-order valence-corrected chi connectivity index (χ2v) is 4.09. The van der Waals surface area contributed by atoms with Gasteiger partial charge in [-0.3, -0.25) is 9.59 Å². The van der Waals surface area contributed by atoms with Gasteiger partial charge < -0.3 is 5.11 Å². The molecular formula is C6H9BrO3S. The fourth-order valence-electron chi connectivity index (χ4n) is 0.532. The topological polar surface area (TPSA) is 54.4 Å². The zero-order chi connectivity index (χ0) is 8.85. The fraction of sp³-hybridized carbons (Fsp3) is 0.667. The molecular weight excluding hydrogens is 232 g/mol. The molecule has 3 nitrogen and oxygen atoms in total. The number of carboxylic acids is 1. The number of hydrogen-bond donors (Lipinski definition) is 1. The quantitative estimate of drug-likeness (QED) is 0.758. The van der Waals surface area contributed by atoms with Gasteiger partial charge in [-0.2, -0.15) is 0 Å². The lowest BCUT2D eigenvalue weighted by Gasteiger charge is -2.06. The van der Waals surface area contributed by atoms with Crippen molar-refractivity contribution >= 4 is 38.8 Å². The number of thioether (sulfide) groups is 1. The molecule has 11 heavy (non-hydrogen) atoms. The molecule has 0 aliphatic carbocycles. The van der Waals surface area contributed by atoms with Crippen LogP contribution in [-0.2, 0) is 9.59 Å². The number of halogens is 1. The standard InChI is InChI=1S/C6H9BrO3S/c1-4(8)11-5(2-3-7)6(9)10/h5H,2-3H2,1H3,(H,9,10). The molecule has 0 heterocycles. The molecule has 0 spiro atoms. The van der Waals surface area contributed by atoms with Gasteiger partial charge in [0.25, 0.3) is 0 Å². The van der Waals surface area contributed by atoms with Crippen LogP contribution < -0.4 is 0 Å². The Morgan fingerprint density at radius 3 is 2.45 bits per heavy atom. The molecule has 5 heteroatoms. The van der Waals surface area contributed by atoms with Crippen LogP contribution in [0.25, 0.3) is 0 Å². The summed E-state index contributed by atoms with van der Waals surface area (Å²) in [4.78, 5) is 20.9. The Bertz CT molecular complexity index is 160. The lowest BCUT2D eigenvalue weighted by Crippen LogP contribution is -2.18. The molecule has 0 bridgehead atoms. The minimum absolute atomic E-state index is 0.154. The Morgan fingerprint density at radius 1 is 1.64 bits per heavy atom. The largest absolute Gasteiger partial charge is 0.480 e. The molecule has 0 saturated carbocycles. The lowest BCUT2D eigenvalue weighted by atomic mass is 10.3. The minimum atomic E-state index is -0.926. The third-order valence-electron chi connectivity index (χ3n) is 0.955. The van der Waals surface area contributed by atoms with Gasteiger partial charge in [0.05, 0.1) is 0 Å². The van der Waals surface area contributed by atoms with Crippen LogP contribution in [-0.4, -0.2) is 26.8 Å². The zero-order valence-corrected chi connectivity index (χ0v) is 8.44. The van der Waals surface area contributed by atoms with Gasteiger partial charge in [-0.1, -0.05) is 27.7 Å². The van der Waals surface area contributed by atoms with Crippen LogP contribution in [0, 0.1) is 0 Å². The maximum absolute atomic E-state index is 10.5. The molecule has 0 aliphatic heterocycles. The molecule has 1 N–H and O–H groups in total. The second kappa shape index (κ2) is 5.60. The van der Waals surface area contributed by atoms with Crippen molar-refractivity contribution in [1.29, 1.82) is 0 Å². The average Bonchev–Trinajstić information content (AvgIpc) is 1.86. The first-order chi connectivity index (χ1) is 5.07. The highest BCUT2D eigenvalue weighted by atomic mass is 79.9. The first-order valence-corrected chi connectivity index (χ1v) is 5.04. The fourth-order valence-corrected chi connectivity index (χ4v) is 2.03. The lowest BCUT2D eigenvalue weighted by molar-refractivity contribution is -0.136. The Kier molecular flexibility index (Phi) is 5.58. The molecule has 0 radical (unpaired) electrons. The summed E-state index contributed by atoms with van der Waals surface area (Å²) in [5, 5.41) is 8.40. The molecule has 0 aromatic rings. The van der Waals surface area contributed by atoms with Gasteiger partial charge in [0.1, 0.15) is 5.25 Å². The van der Waals surface area contributed by atoms with E-state index >= 15 is 0 Å². The second-order valence-electron chi connectivity index (χ2n) is 1.91. The summed E-state index contributed by atoms with van der Waals surface area (Å²) in [6.45, 7) is 1.37. The van der Waals surface area contributed by atoms with Crippen LogP contribution in [0.1, 0.15) is 13.3 Å². The van der Waals surface area contributed by atoms with Gasteiger partial charge in [-0.05, 0) is 6.42 Å². The van der Waals surface area contributed by atoms with E-state index in [2.05, 4.69) is 15.9 Å². The van der Waals surface area contributed by atoms with Crippen molar-refractivity contribution in [1.82, 2.24) is 0 Å². The van der Waals surface area contributed by atoms with Crippen LogP contribution in [0.4, 0.5) is 0 Å². The van der Waals surface area contributed by atoms with E-state index in [9.17, 15) is 9.59 Å². The summed E-state index contributed by atoms with van der Waals surface area (Å²) in [5.74, 6) is -0.926. The Hall–Kier alpha value is -0.0300. The minimum Gasteiger partial charge on any atom is -0.480 e. The summed E-state index contributed by atoms with van der Waals surface area (Å²) in [7, 11) is 0. The molecule has 0 aliphatic rings. The van der Waals surface area contributed by atoms with E-state index < -0.39 is 11.2 Å². The van der Waals surface area contributed by atoms with E-state index in [1.54, 1.807) is 0 Å². The number of carbonyl (C=O) groups is 2. The summed E-state index contributed by atoms with van der Waals surface area (Å²) >= 11 is 3.98. The molecule has 0 aromatic carbocycles. The number of carboxylic acid groups (broad SMARTS) is 1. The number of hydrogen-bond acceptors (Lipinski definition) is 3. The molecule has 0 fully saturated rings. The Labute approximate surface area is 77.7 Å². The van der Waals surface area contributed by atoms with Crippen molar-refractivity contribution in [2.45, 2.75) is 18.6 Å². The molecule has 0 saturated heterocycles. The normalized spacial score (nSPS) is 12.5. The van der Waals surface area contributed by atoms with E-state index in [1.807, 2.05) is 0 Å². The smallest absolute Gasteiger partial charge is 0.317 e. The highest BCUT2D eigenvalue weighted by Gasteiger charge is 2.18. The predicted molar refractivity (Wildman–Crippen MR) is 48.1 cm³/mol. The van der Waals surface area contributed by atoms with Crippen molar-refractivity contribution in [2.75, 3.05) is 5.33 Å². The molecule has 1 atom stereocenters. The number of aliphatic carboxylic acids is 1. The van der Waals surface area contributed by atoms with Gasteiger partial charge in [0.15, 0.2) is 5.12 Å². The van der Waals surface area contributed by atoms with Gasteiger partial charge in [0.2, 0.25) is 0 Å². The van der Waals surface area contributed by atoms with Gasteiger partial charge in [-0.15, -0.1) is 0 Å². The van der Waals surface area contributed by atoms with Gasteiger partial charge in [-0.25, -0.2) is 0 Å². The molecule has 0 rings (SSSR count). The summed E-state index contributed by atoms with van der Waals surface area (Å²) in [6, 6.07) is 0. The van der Waals surface area contributed by atoms with E-state index in [1.165, 1.54) is 6.92 Å². The van der Waals surface area contributed by atoms with Crippen LogP contribution in [0.2, 0.25) is 0 Å². The van der Waals surface area contributed by atoms with E-state index in [0.717, 1.165) is 11.8 Å². The van der Waals surface area contributed by atoms with Crippen LogP contribution in [0.15, 0.2) is 0 Å². The Balaban J connectivity index is 3.89. The third-order valence-corrected chi connectivity index (χ3v) is 2.47. The van der Waals surface area contributed by atoms with E-state index in [-0.39, 0.29) is 5.12 Å². The molecule has 0 aromatic heterocycles. The highest BCUT2D eigenvalue weighted by Crippen LogP contribution is 2.16. The number of carbonyl (C=O) groups excluding carboxylic acids is 1. The summed E-state index contributed by atoms with van der Waals surface area (Å²) in [5.41, 5.74) is 0. The van der Waals surface area contributed by atoms with Crippen LogP contribution in [0.5, 0.6) is 0 Å². The summed E-state index contributed by atoms with van der Waals surface area (Å²) < 4.78 is 0. The van der Waals surface area contributed by atoms with E-state index in [4.69, 9.17) is 5.11 Å². The molecule has 64 valence electrons. The van der Waals surface area contributed by atoms with Crippen molar-refractivity contribution in [3.63, 3.8) is 0 Å². The van der Waals surface area contributed by atoms with Gasteiger partial charge in [0, 0.05) is 12.3 Å². The van der Waals surface area contributed by atoms with Crippen LogP contribution >= 0.6 is 27.7 Å². The van der Waals surface area contributed by atoms with Crippen molar-refractivity contribution in [2.24, 2.45) is 0 Å². The first-order valence-electron chi connectivity index (χ1n) is 3.04. The van der Waals surface area contributed by atoms with Crippen LogP contribution in [0.3, 0.4) is 0 Å². The van der Waals surface area contributed by atoms with Crippen molar-refractivity contribution in [3.05, 3.63) is 0 Å². The zero-order valence-electron chi connectivity index (χ0n) is 6.04. The summed E-state index contributed by atoms with van der Waals surface area (Å²) in [6.07, 6.45) is 0.472. The number of rotatable bonds is 4. The van der Waals surface area contributed by atoms with E-state index in [0.29, 0.717) is 11.8 Å². The third kappa shape index (κ3) is 5.26. The maximum atomic E-state index is 10.5. The number of alkyl halides is 1. The van der Waals surface area contributed by atoms with Crippen molar-refractivity contribution in [3.8, 4) is 0 Å². The average molecular weight is 241 g/mol. The highest BCUT2D eigenvalue weighted by molar-refractivity contribution is 9.09. The Morgan fingerprint density at radius 2 is 2.18 bits per heavy atom. The van der Waals surface area contributed by atoms with Gasteiger partial charge >= 0.3 is 5.97 Å². The monoisotopic (exact) mass is 240 g/mol. The van der Waals surface area contributed by atoms with Crippen molar-refractivity contribution < 1.29 is 14.7 Å². The first kappa shape index (κ1) is 11.0. The maximum Gasteiger partial charge on any atom is 0.317 e. The predicted octanol–water partition coefficient (Wildman–Crippen LogP) is 1.50. The molecule has 1 unspecified atom stereocenters. The SMILES string of the molecule is CC(=O)SC(CCBr)C(=O)O. The molecule has 0 amide bonds.